The van der Waals surface area contributed by atoms with E-state index in [4.69, 9.17) is 17.3 Å². The Morgan fingerprint density at radius 2 is 1.77 bits per heavy atom. The lowest BCUT2D eigenvalue weighted by molar-refractivity contribution is 0.116. The zero-order chi connectivity index (χ0) is 33.2. The molecule has 1 unspecified atom stereocenters. The molecule has 1 aromatic carbocycles. The maximum atomic E-state index is 14.7. The highest BCUT2D eigenvalue weighted by molar-refractivity contribution is 6.31. The van der Waals surface area contributed by atoms with Gasteiger partial charge in [-0.3, -0.25) is 4.99 Å². The monoisotopic (exact) mass is 625 g/mol. The van der Waals surface area contributed by atoms with Crippen molar-refractivity contribution in [3.8, 4) is 11.3 Å². The van der Waals surface area contributed by atoms with Crippen molar-refractivity contribution in [2.75, 3.05) is 13.1 Å². The van der Waals surface area contributed by atoms with Gasteiger partial charge in [-0.15, -0.1) is 0 Å². The molecule has 0 radical (unpaired) electrons. The second-order valence-electron chi connectivity index (χ2n) is 10.9. The second kappa shape index (κ2) is 16.8. The molecule has 3 rings (SSSR count). The number of aromatic nitrogens is 2. The summed E-state index contributed by atoms with van der Waals surface area (Å²) in [6, 6.07) is 1.01. The van der Waals surface area contributed by atoms with E-state index in [1.165, 1.54) is 0 Å². The Bertz CT molecular complexity index is 1330. The summed E-state index contributed by atoms with van der Waals surface area (Å²) in [5, 5.41) is 0.581. The van der Waals surface area contributed by atoms with Crippen LogP contribution >= 0.6 is 11.6 Å². The van der Waals surface area contributed by atoms with Gasteiger partial charge in [-0.2, -0.15) is 0 Å². The molecule has 2 heterocycles. The molecule has 0 saturated heterocycles. The summed E-state index contributed by atoms with van der Waals surface area (Å²) in [6.07, 6.45) is 4.32. The number of nitrogens with zero attached hydrogens (tertiary/aromatic N) is 4. The van der Waals surface area contributed by atoms with Crippen LogP contribution in [0, 0.1) is 23.4 Å². The van der Waals surface area contributed by atoms with Crippen LogP contribution < -0.4 is 5.73 Å². The highest BCUT2D eigenvalue weighted by atomic mass is 35.5. The van der Waals surface area contributed by atoms with E-state index in [9.17, 15) is 17.6 Å². The molecule has 0 amide bonds. The summed E-state index contributed by atoms with van der Waals surface area (Å²) in [7, 11) is 0. The SMILES string of the molecule is C=C(CN)N1CCn2c(nc(-c3cc(CF)c(F)c(F)c3F)c2C(C)C)C1(C)C.C=C/C(Cl)=C\N=C(C)C(C)CC.CC. The van der Waals surface area contributed by atoms with Crippen molar-refractivity contribution in [3.63, 3.8) is 0 Å². The molecule has 1 aliphatic rings. The van der Waals surface area contributed by atoms with E-state index in [0.29, 0.717) is 35.6 Å². The third-order valence-corrected chi connectivity index (χ3v) is 7.73. The van der Waals surface area contributed by atoms with Crippen LogP contribution in [0.3, 0.4) is 0 Å². The molecule has 0 saturated carbocycles. The lowest BCUT2D eigenvalue weighted by atomic mass is 9.97. The molecule has 0 bridgehead atoms. The van der Waals surface area contributed by atoms with Crippen molar-refractivity contribution in [1.29, 1.82) is 0 Å². The van der Waals surface area contributed by atoms with Crippen LogP contribution in [0.1, 0.15) is 91.7 Å². The molecule has 43 heavy (non-hydrogen) atoms. The number of aliphatic imine (C=N–C) groups is 1. The van der Waals surface area contributed by atoms with Gasteiger partial charge in [0, 0.05) is 54.1 Å². The maximum absolute atomic E-state index is 14.7. The summed E-state index contributed by atoms with van der Waals surface area (Å²) >= 11 is 5.69. The minimum absolute atomic E-state index is 0.0762. The minimum atomic E-state index is -1.69. The fourth-order valence-corrected chi connectivity index (χ4v) is 4.82. The molecule has 1 aromatic heterocycles. The Balaban J connectivity index is 0.000000558. The Hall–Kier alpha value is -2.91. The van der Waals surface area contributed by atoms with E-state index in [-0.39, 0.29) is 23.7 Å². The van der Waals surface area contributed by atoms with Crippen LogP contribution in [0.4, 0.5) is 17.6 Å². The summed E-state index contributed by atoms with van der Waals surface area (Å²) in [6.45, 7) is 25.8. The molecule has 240 valence electrons. The second-order valence-corrected chi connectivity index (χ2v) is 11.3. The number of fused-ring (bicyclic) bond motifs is 1. The van der Waals surface area contributed by atoms with Gasteiger partial charge in [0.15, 0.2) is 17.5 Å². The number of halogens is 5. The number of benzene rings is 1. The number of rotatable bonds is 9. The van der Waals surface area contributed by atoms with E-state index < -0.39 is 35.2 Å². The number of allylic oxidation sites excluding steroid dienone is 2. The van der Waals surface area contributed by atoms with Crippen LogP contribution in [0.2, 0.25) is 0 Å². The van der Waals surface area contributed by atoms with Crippen molar-refractivity contribution in [2.24, 2.45) is 16.6 Å². The summed E-state index contributed by atoms with van der Waals surface area (Å²) in [5.41, 5.74) is 7.16. The molecule has 2 aromatic rings. The van der Waals surface area contributed by atoms with Crippen LogP contribution in [0.5, 0.6) is 0 Å². The highest BCUT2D eigenvalue weighted by Crippen LogP contribution is 2.41. The van der Waals surface area contributed by atoms with Crippen molar-refractivity contribution in [3.05, 3.63) is 76.8 Å². The van der Waals surface area contributed by atoms with Crippen molar-refractivity contribution >= 4 is 17.3 Å². The number of imidazole rings is 1. The number of alkyl halides is 1. The lowest BCUT2D eigenvalue weighted by Gasteiger charge is -2.45. The zero-order valence-electron chi connectivity index (χ0n) is 27.1. The molecule has 1 aliphatic heterocycles. The van der Waals surface area contributed by atoms with Gasteiger partial charge >= 0.3 is 0 Å². The fraction of sp³-hybridized carbons (Fsp3) is 0.515. The van der Waals surface area contributed by atoms with Gasteiger partial charge in [-0.05, 0) is 51.2 Å². The maximum Gasteiger partial charge on any atom is 0.195 e. The smallest absolute Gasteiger partial charge is 0.195 e. The average Bonchev–Trinajstić information content (AvgIpc) is 3.40. The van der Waals surface area contributed by atoms with Gasteiger partial charge in [0.05, 0.1) is 16.3 Å². The minimum Gasteiger partial charge on any atom is -0.360 e. The van der Waals surface area contributed by atoms with Crippen molar-refractivity contribution in [2.45, 2.75) is 93.4 Å². The molecular formula is C33H48ClF4N5. The third-order valence-electron chi connectivity index (χ3n) is 7.47. The van der Waals surface area contributed by atoms with Crippen molar-refractivity contribution < 1.29 is 17.6 Å². The number of hydrogen-bond acceptors (Lipinski definition) is 4. The quantitative estimate of drug-likeness (QED) is 0.131. The molecule has 10 heteroatoms. The molecule has 0 aliphatic carbocycles. The lowest BCUT2D eigenvalue weighted by Crippen LogP contribution is -2.49. The first-order chi connectivity index (χ1) is 20.2. The Kier molecular flexibility index (Phi) is 14.9. The zero-order valence-corrected chi connectivity index (χ0v) is 27.8. The first-order valence-electron chi connectivity index (χ1n) is 14.7. The van der Waals surface area contributed by atoms with E-state index in [0.717, 1.165) is 23.9 Å². The number of hydrogen-bond donors (Lipinski definition) is 1. The Labute approximate surface area is 260 Å². The Morgan fingerprint density at radius 3 is 2.26 bits per heavy atom. The van der Waals surface area contributed by atoms with Crippen LogP contribution in [0.25, 0.3) is 11.3 Å². The van der Waals surface area contributed by atoms with Gasteiger partial charge in [0.1, 0.15) is 12.5 Å². The summed E-state index contributed by atoms with van der Waals surface area (Å²) in [4.78, 5) is 10.9. The summed E-state index contributed by atoms with van der Waals surface area (Å²) in [5.74, 6) is -3.47. The predicted octanol–water partition coefficient (Wildman–Crippen LogP) is 9.37. The van der Waals surface area contributed by atoms with E-state index >= 15 is 0 Å². The topological polar surface area (TPSA) is 59.4 Å². The first kappa shape index (κ1) is 38.1. The van der Waals surface area contributed by atoms with Crippen LogP contribution in [-0.4, -0.2) is 33.3 Å². The molecule has 0 spiro atoms. The van der Waals surface area contributed by atoms with Gasteiger partial charge in [-0.25, -0.2) is 22.5 Å². The molecule has 0 fully saturated rings. The van der Waals surface area contributed by atoms with Gasteiger partial charge in [0.2, 0.25) is 0 Å². The molecule has 5 nitrogen and oxygen atoms in total. The van der Waals surface area contributed by atoms with Gasteiger partial charge < -0.3 is 15.2 Å². The van der Waals surface area contributed by atoms with Crippen LogP contribution in [-0.2, 0) is 18.8 Å². The van der Waals surface area contributed by atoms with E-state index in [1.54, 1.807) is 12.3 Å². The third kappa shape index (κ3) is 8.60. The van der Waals surface area contributed by atoms with Gasteiger partial charge in [0.25, 0.3) is 0 Å². The first-order valence-corrected chi connectivity index (χ1v) is 15.1. The average molecular weight is 626 g/mol. The molecular weight excluding hydrogens is 578 g/mol. The van der Waals surface area contributed by atoms with Crippen LogP contribution in [0.15, 0.2) is 47.2 Å². The van der Waals surface area contributed by atoms with E-state index in [2.05, 4.69) is 37.0 Å². The predicted molar refractivity (Wildman–Crippen MR) is 172 cm³/mol. The normalized spacial score (nSPS) is 15.2. The standard InChI is InChI=1S/C21H26F4N4.C10H16ClN.C2H6/c1-11(2)19-18(14-8-13(9-22)15(23)17(25)16(14)24)27-20-21(4,5)29(12(3)10-26)7-6-28(19)20;1-5-8(3)9(4)12-7-10(11)6-2;1-2/h8,11H,3,6-7,9-10,26H2,1-2,4-5H3;6-8H,2,5H2,1,3-4H3;1-2H3/b;10-7+,12-9?;. The molecule has 2 N–H and O–H groups in total. The fourth-order valence-electron chi connectivity index (χ4n) is 4.77. The largest absolute Gasteiger partial charge is 0.360 e. The van der Waals surface area contributed by atoms with E-state index in [1.807, 2.05) is 57.9 Å². The Morgan fingerprint density at radius 1 is 1.16 bits per heavy atom. The summed E-state index contributed by atoms with van der Waals surface area (Å²) < 4.78 is 57.8. The number of nitrogens with two attached hydrogens (primary N) is 1. The van der Waals surface area contributed by atoms with Crippen molar-refractivity contribution in [1.82, 2.24) is 14.5 Å². The molecule has 1 atom stereocenters. The highest BCUT2D eigenvalue weighted by Gasteiger charge is 2.40. The van der Waals surface area contributed by atoms with Gasteiger partial charge in [-0.1, -0.05) is 66.3 Å².